The number of carbonyl (C=O) groups is 1. The van der Waals surface area contributed by atoms with Gasteiger partial charge < -0.3 is 11.1 Å². The highest BCUT2D eigenvalue weighted by Gasteiger charge is 2.32. The summed E-state index contributed by atoms with van der Waals surface area (Å²) in [7, 11) is 0. The van der Waals surface area contributed by atoms with Crippen LogP contribution in [0.4, 0.5) is 5.82 Å². The molecule has 0 radical (unpaired) electrons. The molecule has 1 aromatic heterocycles. The lowest BCUT2D eigenvalue weighted by Crippen LogP contribution is -2.36. The van der Waals surface area contributed by atoms with Gasteiger partial charge in [0.1, 0.15) is 5.82 Å². The molecule has 2 rings (SSSR count). The number of nitrogen functional groups attached to an aromatic ring is 1. The lowest BCUT2D eigenvalue weighted by atomic mass is 9.83. The number of rotatable bonds is 4. The van der Waals surface area contributed by atoms with Crippen LogP contribution in [-0.4, -0.2) is 17.4 Å². The van der Waals surface area contributed by atoms with Gasteiger partial charge >= 0.3 is 0 Å². The molecule has 5 heteroatoms. The second kappa shape index (κ2) is 5.90. The zero-order valence-corrected chi connectivity index (χ0v) is 12.8. The predicted octanol–water partition coefficient (Wildman–Crippen LogP) is 3.13. The number of pyridine rings is 1. The van der Waals surface area contributed by atoms with Crippen molar-refractivity contribution in [1.82, 2.24) is 10.3 Å². The highest BCUT2D eigenvalue weighted by Crippen LogP contribution is 2.40. The topological polar surface area (TPSA) is 68.0 Å². The molecular formula is C14H20BrN3O. The fraction of sp³-hybridized carbons (Fsp3) is 0.571. The number of hydrogen-bond acceptors (Lipinski definition) is 3. The van der Waals surface area contributed by atoms with E-state index < -0.39 is 0 Å². The van der Waals surface area contributed by atoms with Gasteiger partial charge in [-0.15, -0.1) is 0 Å². The van der Waals surface area contributed by atoms with Gasteiger partial charge in [0.25, 0.3) is 5.91 Å². The van der Waals surface area contributed by atoms with Crippen molar-refractivity contribution >= 4 is 27.7 Å². The van der Waals surface area contributed by atoms with Gasteiger partial charge in [0, 0.05) is 17.2 Å². The second-order valence-corrected chi connectivity index (χ2v) is 6.25. The Morgan fingerprint density at radius 3 is 2.84 bits per heavy atom. The Morgan fingerprint density at radius 2 is 2.21 bits per heavy atom. The van der Waals surface area contributed by atoms with Crippen LogP contribution in [0.3, 0.4) is 0 Å². The minimum atomic E-state index is -0.133. The Balaban J connectivity index is 2.03. The van der Waals surface area contributed by atoms with Crippen LogP contribution in [0, 0.1) is 5.41 Å². The lowest BCUT2D eigenvalue weighted by molar-refractivity contribution is 0.0929. The lowest BCUT2D eigenvalue weighted by Gasteiger charge is -2.27. The maximum absolute atomic E-state index is 12.2. The third kappa shape index (κ3) is 3.26. The zero-order valence-electron chi connectivity index (χ0n) is 11.2. The van der Waals surface area contributed by atoms with Crippen molar-refractivity contribution in [2.75, 3.05) is 12.3 Å². The molecule has 0 spiro atoms. The number of nitrogens with zero attached hydrogens (tertiary/aromatic N) is 1. The van der Waals surface area contributed by atoms with Crippen LogP contribution >= 0.6 is 15.9 Å². The van der Waals surface area contributed by atoms with Crippen LogP contribution in [0.1, 0.15) is 49.4 Å². The average molecular weight is 326 g/mol. The molecule has 0 aromatic carbocycles. The van der Waals surface area contributed by atoms with E-state index in [0.717, 1.165) is 17.4 Å². The van der Waals surface area contributed by atoms with E-state index in [2.05, 4.69) is 33.2 Å². The molecule has 1 fully saturated rings. The molecule has 0 bridgehead atoms. The van der Waals surface area contributed by atoms with Crippen LogP contribution in [0.5, 0.6) is 0 Å². The van der Waals surface area contributed by atoms with Crippen LogP contribution in [-0.2, 0) is 0 Å². The first-order chi connectivity index (χ1) is 9.06. The molecule has 1 aromatic rings. The fourth-order valence-corrected chi connectivity index (χ4v) is 3.11. The Labute approximate surface area is 122 Å². The van der Waals surface area contributed by atoms with Gasteiger partial charge in [0.05, 0.1) is 5.56 Å². The van der Waals surface area contributed by atoms with Crippen molar-refractivity contribution in [3.8, 4) is 0 Å². The largest absolute Gasteiger partial charge is 0.383 e. The number of nitrogens with two attached hydrogens (primary N) is 1. The average Bonchev–Trinajstić information content (AvgIpc) is 2.88. The standard InChI is InChI=1S/C14H20BrN3O/c1-2-14(5-3-4-6-14)9-18-13(19)11-7-10(15)8-17-12(11)16/h7-8H,2-6,9H2,1H3,(H2,16,17)(H,18,19). The summed E-state index contributed by atoms with van der Waals surface area (Å²) in [5, 5.41) is 3.02. The molecule has 0 saturated heterocycles. The van der Waals surface area contributed by atoms with Gasteiger partial charge in [-0.25, -0.2) is 4.98 Å². The minimum absolute atomic E-state index is 0.133. The summed E-state index contributed by atoms with van der Waals surface area (Å²) in [4.78, 5) is 16.2. The summed E-state index contributed by atoms with van der Waals surface area (Å²) in [5.74, 6) is 0.142. The number of carbonyl (C=O) groups excluding carboxylic acids is 1. The normalized spacial score (nSPS) is 17.4. The number of hydrogen-bond donors (Lipinski definition) is 2. The van der Waals surface area contributed by atoms with E-state index in [1.54, 1.807) is 12.3 Å². The molecular weight excluding hydrogens is 306 g/mol. The Morgan fingerprint density at radius 1 is 1.53 bits per heavy atom. The number of aromatic nitrogens is 1. The Kier molecular flexibility index (Phi) is 4.45. The van der Waals surface area contributed by atoms with E-state index in [1.165, 1.54) is 25.7 Å². The number of nitrogens with one attached hydrogen (secondary N) is 1. The molecule has 0 unspecified atom stereocenters. The molecule has 4 nitrogen and oxygen atoms in total. The molecule has 0 aliphatic heterocycles. The van der Waals surface area contributed by atoms with E-state index in [1.807, 2.05) is 0 Å². The molecule has 104 valence electrons. The Bertz CT molecular complexity index is 470. The Hall–Kier alpha value is -1.10. The van der Waals surface area contributed by atoms with Crippen molar-refractivity contribution in [2.24, 2.45) is 5.41 Å². The van der Waals surface area contributed by atoms with Gasteiger partial charge in [-0.05, 0) is 46.7 Å². The number of halogens is 1. The van der Waals surface area contributed by atoms with E-state index in [4.69, 9.17) is 5.73 Å². The molecule has 1 saturated carbocycles. The van der Waals surface area contributed by atoms with Gasteiger partial charge in [-0.3, -0.25) is 4.79 Å². The minimum Gasteiger partial charge on any atom is -0.383 e. The van der Waals surface area contributed by atoms with Crippen molar-refractivity contribution in [3.05, 3.63) is 22.3 Å². The van der Waals surface area contributed by atoms with Gasteiger partial charge in [0.2, 0.25) is 0 Å². The quantitative estimate of drug-likeness (QED) is 0.893. The maximum Gasteiger partial charge on any atom is 0.255 e. The predicted molar refractivity (Wildman–Crippen MR) is 79.9 cm³/mol. The summed E-state index contributed by atoms with van der Waals surface area (Å²) in [6.45, 7) is 2.93. The molecule has 1 aliphatic rings. The van der Waals surface area contributed by atoms with Gasteiger partial charge in [-0.1, -0.05) is 19.8 Å². The van der Waals surface area contributed by atoms with E-state index >= 15 is 0 Å². The smallest absolute Gasteiger partial charge is 0.255 e. The summed E-state index contributed by atoms with van der Waals surface area (Å²) in [6, 6.07) is 1.71. The van der Waals surface area contributed by atoms with E-state index in [-0.39, 0.29) is 17.1 Å². The first-order valence-electron chi connectivity index (χ1n) is 6.75. The molecule has 1 heterocycles. The molecule has 19 heavy (non-hydrogen) atoms. The third-order valence-corrected chi connectivity index (χ3v) is 4.60. The summed E-state index contributed by atoms with van der Waals surface area (Å²) in [6.07, 6.45) is 7.65. The van der Waals surface area contributed by atoms with Crippen LogP contribution < -0.4 is 11.1 Å². The van der Waals surface area contributed by atoms with Crippen molar-refractivity contribution in [3.63, 3.8) is 0 Å². The van der Waals surface area contributed by atoms with Gasteiger partial charge in [0.15, 0.2) is 0 Å². The van der Waals surface area contributed by atoms with E-state index in [9.17, 15) is 4.79 Å². The third-order valence-electron chi connectivity index (χ3n) is 4.17. The summed E-state index contributed by atoms with van der Waals surface area (Å²) >= 11 is 3.31. The SMILES string of the molecule is CCC1(CNC(=O)c2cc(Br)cnc2N)CCCC1. The molecule has 1 amide bonds. The van der Waals surface area contributed by atoms with Gasteiger partial charge in [-0.2, -0.15) is 0 Å². The maximum atomic E-state index is 12.2. The van der Waals surface area contributed by atoms with Crippen LogP contribution in [0.25, 0.3) is 0 Å². The summed E-state index contributed by atoms with van der Waals surface area (Å²) < 4.78 is 0.762. The number of amides is 1. The monoisotopic (exact) mass is 325 g/mol. The first-order valence-corrected chi connectivity index (χ1v) is 7.55. The van der Waals surface area contributed by atoms with Crippen molar-refractivity contribution in [2.45, 2.75) is 39.0 Å². The number of anilines is 1. The molecule has 0 atom stereocenters. The highest BCUT2D eigenvalue weighted by molar-refractivity contribution is 9.10. The first kappa shape index (κ1) is 14.3. The van der Waals surface area contributed by atoms with E-state index in [0.29, 0.717) is 5.56 Å². The second-order valence-electron chi connectivity index (χ2n) is 5.33. The zero-order chi connectivity index (χ0) is 13.9. The highest BCUT2D eigenvalue weighted by atomic mass is 79.9. The fourth-order valence-electron chi connectivity index (χ4n) is 2.78. The molecule has 1 aliphatic carbocycles. The van der Waals surface area contributed by atoms with Crippen molar-refractivity contribution < 1.29 is 4.79 Å². The molecule has 3 N–H and O–H groups in total. The summed E-state index contributed by atoms with van der Waals surface area (Å²) in [5.41, 5.74) is 6.47. The van der Waals surface area contributed by atoms with Crippen LogP contribution in [0.15, 0.2) is 16.7 Å². The van der Waals surface area contributed by atoms with Crippen molar-refractivity contribution in [1.29, 1.82) is 0 Å². The van der Waals surface area contributed by atoms with Crippen LogP contribution in [0.2, 0.25) is 0 Å².